The van der Waals surface area contributed by atoms with E-state index in [1.165, 1.54) is 12.8 Å². The van der Waals surface area contributed by atoms with Crippen molar-refractivity contribution < 1.29 is 4.74 Å². The van der Waals surface area contributed by atoms with Crippen molar-refractivity contribution in [3.05, 3.63) is 18.2 Å². The molecule has 0 unspecified atom stereocenters. The van der Waals surface area contributed by atoms with Crippen LogP contribution in [0.3, 0.4) is 0 Å². The van der Waals surface area contributed by atoms with E-state index < -0.39 is 0 Å². The molecule has 2 rings (SSSR count). The lowest BCUT2D eigenvalue weighted by atomic mass is 10.1. The number of rotatable bonds is 3. The van der Waals surface area contributed by atoms with Crippen molar-refractivity contribution in [2.24, 2.45) is 0 Å². The quantitative estimate of drug-likeness (QED) is 0.784. The van der Waals surface area contributed by atoms with E-state index in [0.717, 1.165) is 24.5 Å². The Morgan fingerprint density at radius 2 is 2.06 bits per heavy atom. The zero-order valence-corrected chi connectivity index (χ0v) is 10.6. The lowest BCUT2D eigenvalue weighted by molar-refractivity contribution is 0.264. The second kappa shape index (κ2) is 5.27. The number of nitrogen functional groups attached to an aromatic ring is 1. The Balaban J connectivity index is 1.99. The summed E-state index contributed by atoms with van der Waals surface area (Å²) in [5.74, 6) is 0.739. The van der Waals surface area contributed by atoms with Gasteiger partial charge in [-0.05, 0) is 45.1 Å². The van der Waals surface area contributed by atoms with Crippen LogP contribution in [0, 0.1) is 0 Å². The first-order valence-electron chi connectivity index (χ1n) is 6.07. The van der Waals surface area contributed by atoms with E-state index in [9.17, 15) is 0 Å². The summed E-state index contributed by atoms with van der Waals surface area (Å²) in [6.45, 7) is 2.31. The number of anilines is 2. The average Bonchev–Trinajstić information content (AvgIpc) is 2.34. The average molecular weight is 235 g/mol. The third kappa shape index (κ3) is 3.03. The van der Waals surface area contributed by atoms with Gasteiger partial charge in [-0.25, -0.2) is 0 Å². The summed E-state index contributed by atoms with van der Waals surface area (Å²) >= 11 is 0. The molecule has 1 aliphatic heterocycles. The molecule has 17 heavy (non-hydrogen) atoms. The Hall–Kier alpha value is -1.42. The fraction of sp³-hybridized carbons (Fsp3) is 0.538. The van der Waals surface area contributed by atoms with Crippen LogP contribution in [-0.2, 0) is 0 Å². The molecule has 0 atom stereocenters. The number of hydrogen-bond acceptors (Lipinski definition) is 4. The number of methoxy groups -OCH3 is 1. The van der Waals surface area contributed by atoms with Crippen LogP contribution in [0.1, 0.15) is 12.8 Å². The van der Waals surface area contributed by atoms with Gasteiger partial charge in [-0.15, -0.1) is 0 Å². The molecule has 4 heteroatoms. The maximum Gasteiger partial charge on any atom is 0.143 e. The van der Waals surface area contributed by atoms with Crippen molar-refractivity contribution >= 4 is 11.4 Å². The standard InChI is InChI=1S/C13H21N3O/c1-16-7-5-10(6-8-16)15-11-3-4-12(14)13(9-11)17-2/h3-4,9-10,15H,5-8,14H2,1-2H3. The number of benzene rings is 1. The van der Waals surface area contributed by atoms with E-state index in [-0.39, 0.29) is 0 Å². The lowest BCUT2D eigenvalue weighted by Crippen LogP contribution is -2.36. The van der Waals surface area contributed by atoms with Gasteiger partial charge in [-0.2, -0.15) is 0 Å². The fourth-order valence-electron chi connectivity index (χ4n) is 2.19. The molecule has 1 fully saturated rings. The minimum atomic E-state index is 0.555. The van der Waals surface area contributed by atoms with Crippen LogP contribution in [0.25, 0.3) is 0 Å². The number of nitrogens with two attached hydrogens (primary N) is 1. The Labute approximate surface area is 103 Å². The van der Waals surface area contributed by atoms with Gasteiger partial charge in [0.25, 0.3) is 0 Å². The van der Waals surface area contributed by atoms with Crippen molar-refractivity contribution in [2.45, 2.75) is 18.9 Å². The molecule has 0 spiro atoms. The number of piperidine rings is 1. The summed E-state index contributed by atoms with van der Waals surface area (Å²) in [5, 5.41) is 3.54. The van der Waals surface area contributed by atoms with Crippen molar-refractivity contribution in [3.63, 3.8) is 0 Å². The van der Waals surface area contributed by atoms with Gasteiger partial charge in [0.15, 0.2) is 0 Å². The number of likely N-dealkylation sites (tertiary alicyclic amines) is 1. The molecule has 1 aromatic rings. The van der Waals surface area contributed by atoms with E-state index in [1.807, 2.05) is 18.2 Å². The molecule has 4 nitrogen and oxygen atoms in total. The van der Waals surface area contributed by atoms with Crippen molar-refractivity contribution in [2.75, 3.05) is 38.3 Å². The second-order valence-electron chi connectivity index (χ2n) is 4.68. The lowest BCUT2D eigenvalue weighted by Gasteiger charge is -2.30. The molecular formula is C13H21N3O. The fourth-order valence-corrected chi connectivity index (χ4v) is 2.19. The normalized spacial score (nSPS) is 18.0. The van der Waals surface area contributed by atoms with E-state index in [1.54, 1.807) is 7.11 Å². The number of ether oxygens (including phenoxy) is 1. The van der Waals surface area contributed by atoms with Crippen LogP contribution in [0.2, 0.25) is 0 Å². The molecule has 94 valence electrons. The molecule has 0 amide bonds. The molecule has 1 heterocycles. The van der Waals surface area contributed by atoms with Crippen LogP contribution in [0.4, 0.5) is 11.4 Å². The maximum atomic E-state index is 5.79. The van der Waals surface area contributed by atoms with Crippen LogP contribution in [0.15, 0.2) is 18.2 Å². The third-order valence-corrected chi connectivity index (χ3v) is 3.32. The van der Waals surface area contributed by atoms with Gasteiger partial charge in [0.1, 0.15) is 5.75 Å². The molecule has 1 aliphatic rings. The Morgan fingerprint density at radius 1 is 1.35 bits per heavy atom. The largest absolute Gasteiger partial charge is 0.495 e. The summed E-state index contributed by atoms with van der Waals surface area (Å²) in [6, 6.07) is 6.42. The monoisotopic (exact) mass is 235 g/mol. The SMILES string of the molecule is COc1cc(NC2CCN(C)CC2)ccc1N. The minimum absolute atomic E-state index is 0.555. The summed E-state index contributed by atoms with van der Waals surface area (Å²) < 4.78 is 5.22. The van der Waals surface area contributed by atoms with Gasteiger partial charge < -0.3 is 20.7 Å². The third-order valence-electron chi connectivity index (χ3n) is 3.32. The highest BCUT2D eigenvalue weighted by molar-refractivity contribution is 5.61. The van der Waals surface area contributed by atoms with Gasteiger partial charge in [-0.3, -0.25) is 0 Å². The minimum Gasteiger partial charge on any atom is -0.495 e. The van der Waals surface area contributed by atoms with Gasteiger partial charge >= 0.3 is 0 Å². The number of nitrogens with one attached hydrogen (secondary N) is 1. The van der Waals surface area contributed by atoms with Gasteiger partial charge in [0.05, 0.1) is 12.8 Å². The highest BCUT2D eigenvalue weighted by Gasteiger charge is 2.16. The summed E-state index contributed by atoms with van der Waals surface area (Å²) in [5.41, 5.74) is 7.56. The van der Waals surface area contributed by atoms with E-state index in [2.05, 4.69) is 17.3 Å². The molecule has 1 aromatic carbocycles. The number of hydrogen-bond donors (Lipinski definition) is 2. The van der Waals surface area contributed by atoms with E-state index >= 15 is 0 Å². The van der Waals surface area contributed by atoms with Crippen molar-refractivity contribution in [1.29, 1.82) is 0 Å². The topological polar surface area (TPSA) is 50.5 Å². The van der Waals surface area contributed by atoms with Crippen molar-refractivity contribution in [1.82, 2.24) is 4.90 Å². The van der Waals surface area contributed by atoms with Gasteiger partial charge in [-0.1, -0.05) is 0 Å². The van der Waals surface area contributed by atoms with Gasteiger partial charge in [0, 0.05) is 17.8 Å². The van der Waals surface area contributed by atoms with E-state index in [4.69, 9.17) is 10.5 Å². The molecule has 0 aromatic heterocycles. The smallest absolute Gasteiger partial charge is 0.143 e. The molecule has 0 saturated carbocycles. The van der Waals surface area contributed by atoms with Crippen molar-refractivity contribution in [3.8, 4) is 5.75 Å². The second-order valence-corrected chi connectivity index (χ2v) is 4.68. The zero-order valence-electron chi connectivity index (χ0n) is 10.6. The summed E-state index contributed by atoms with van der Waals surface area (Å²) in [7, 11) is 3.81. The predicted molar refractivity (Wildman–Crippen MR) is 71.5 cm³/mol. The van der Waals surface area contributed by atoms with E-state index in [0.29, 0.717) is 11.7 Å². The van der Waals surface area contributed by atoms with Crippen LogP contribution >= 0.6 is 0 Å². The number of nitrogens with zero attached hydrogens (tertiary/aromatic N) is 1. The molecule has 0 bridgehead atoms. The van der Waals surface area contributed by atoms with Crippen LogP contribution in [-0.4, -0.2) is 38.2 Å². The van der Waals surface area contributed by atoms with Crippen LogP contribution in [0.5, 0.6) is 5.75 Å². The Bertz CT molecular complexity index is 373. The Kier molecular flexibility index (Phi) is 3.74. The summed E-state index contributed by atoms with van der Waals surface area (Å²) in [6.07, 6.45) is 2.37. The molecule has 0 radical (unpaired) electrons. The first kappa shape index (κ1) is 12.0. The van der Waals surface area contributed by atoms with Gasteiger partial charge in [0.2, 0.25) is 0 Å². The molecular weight excluding hydrogens is 214 g/mol. The summed E-state index contributed by atoms with van der Waals surface area (Å²) in [4.78, 5) is 2.36. The Morgan fingerprint density at radius 3 is 2.71 bits per heavy atom. The molecule has 0 aliphatic carbocycles. The molecule has 1 saturated heterocycles. The predicted octanol–water partition coefficient (Wildman–Crippen LogP) is 1.78. The first-order chi connectivity index (χ1) is 8.19. The maximum absolute atomic E-state index is 5.79. The zero-order chi connectivity index (χ0) is 12.3. The highest BCUT2D eigenvalue weighted by Crippen LogP contribution is 2.26. The van der Waals surface area contributed by atoms with Crippen LogP contribution < -0.4 is 15.8 Å². The highest BCUT2D eigenvalue weighted by atomic mass is 16.5. The molecule has 3 N–H and O–H groups in total. The first-order valence-corrected chi connectivity index (χ1v) is 6.07.